The standard InChI is InChI=1S/C65H44N2/c1-5-21-47(22-6-1)63-53-29-14-13-20-45(53)38-42-54(63)46-36-39-51(40-37-46)66(61-34-19-35-62-64(61)57-31-16-18-33-60(57)67(62)50-27-11-4-12-28-50)52-41-43-56-55-30-15-17-32-58(55)65(59(56)44-52,48-23-7-2-8-24-48)49-25-9-3-10-26-49/h1-44H. The molecule has 0 unspecified atom stereocenters. The average molecular weight is 853 g/mol. The molecule has 1 aromatic heterocycles. The molecule has 67 heavy (non-hydrogen) atoms. The van der Waals surface area contributed by atoms with Crippen LogP contribution in [-0.4, -0.2) is 4.57 Å². The molecule has 2 nitrogen and oxygen atoms in total. The van der Waals surface area contributed by atoms with Crippen LogP contribution in [0.2, 0.25) is 0 Å². The summed E-state index contributed by atoms with van der Waals surface area (Å²) in [5, 5.41) is 4.89. The van der Waals surface area contributed by atoms with Gasteiger partial charge in [0.15, 0.2) is 0 Å². The molecule has 13 rings (SSSR count). The number of nitrogens with zero attached hydrogens (tertiary/aromatic N) is 2. The van der Waals surface area contributed by atoms with E-state index in [2.05, 4.69) is 276 Å². The van der Waals surface area contributed by atoms with E-state index < -0.39 is 5.41 Å². The highest BCUT2D eigenvalue weighted by Crippen LogP contribution is 2.57. The molecule has 1 heterocycles. The molecule has 314 valence electrons. The van der Waals surface area contributed by atoms with Crippen molar-refractivity contribution >= 4 is 49.6 Å². The largest absolute Gasteiger partial charge is 0.310 e. The molecular formula is C65H44N2. The summed E-state index contributed by atoms with van der Waals surface area (Å²) in [6, 6.07) is 98.1. The predicted molar refractivity (Wildman–Crippen MR) is 281 cm³/mol. The van der Waals surface area contributed by atoms with Crippen LogP contribution in [0.5, 0.6) is 0 Å². The normalized spacial score (nSPS) is 12.6. The Balaban J connectivity index is 1.08. The van der Waals surface area contributed by atoms with Gasteiger partial charge < -0.3 is 9.47 Å². The SMILES string of the molecule is c1ccc(-c2c(-c3ccc(N(c4ccc5c(c4)C(c4ccccc4)(c4ccccc4)c4ccccc4-5)c4cccc5c4c4ccccc4n5-c4ccccc4)cc3)ccc3ccccc23)cc1. The minimum Gasteiger partial charge on any atom is -0.310 e. The van der Waals surface area contributed by atoms with Crippen LogP contribution in [0.15, 0.2) is 267 Å². The van der Waals surface area contributed by atoms with E-state index in [-0.39, 0.29) is 0 Å². The number of rotatable bonds is 8. The number of hydrogen-bond acceptors (Lipinski definition) is 1. The van der Waals surface area contributed by atoms with Gasteiger partial charge in [-0.15, -0.1) is 0 Å². The first kappa shape index (κ1) is 38.7. The average Bonchev–Trinajstić information content (AvgIpc) is 3.91. The molecule has 12 aromatic rings. The Morgan fingerprint density at radius 2 is 0.910 bits per heavy atom. The molecule has 0 amide bonds. The van der Waals surface area contributed by atoms with Crippen molar-refractivity contribution < 1.29 is 0 Å². The van der Waals surface area contributed by atoms with Gasteiger partial charge in [-0.3, -0.25) is 0 Å². The van der Waals surface area contributed by atoms with Crippen LogP contribution in [0.1, 0.15) is 22.3 Å². The number of para-hydroxylation sites is 2. The molecule has 0 saturated carbocycles. The predicted octanol–water partition coefficient (Wildman–Crippen LogP) is 17.1. The van der Waals surface area contributed by atoms with Gasteiger partial charge in [0, 0.05) is 27.8 Å². The van der Waals surface area contributed by atoms with Gasteiger partial charge in [-0.05, 0) is 121 Å². The Kier molecular flexibility index (Phi) is 9.11. The van der Waals surface area contributed by atoms with Crippen molar-refractivity contribution in [3.8, 4) is 39.1 Å². The van der Waals surface area contributed by atoms with Gasteiger partial charge in [0.1, 0.15) is 0 Å². The molecule has 0 atom stereocenters. The zero-order chi connectivity index (χ0) is 44.3. The molecule has 2 heteroatoms. The number of hydrogen-bond donors (Lipinski definition) is 0. The first-order valence-corrected chi connectivity index (χ1v) is 23.2. The molecule has 0 bridgehead atoms. The van der Waals surface area contributed by atoms with Crippen molar-refractivity contribution in [2.75, 3.05) is 4.90 Å². The summed E-state index contributed by atoms with van der Waals surface area (Å²) in [7, 11) is 0. The topological polar surface area (TPSA) is 8.17 Å². The summed E-state index contributed by atoms with van der Waals surface area (Å²) in [5.41, 5.74) is 18.6. The Morgan fingerprint density at radius 3 is 1.66 bits per heavy atom. The van der Waals surface area contributed by atoms with Gasteiger partial charge in [-0.25, -0.2) is 0 Å². The van der Waals surface area contributed by atoms with Crippen molar-refractivity contribution in [3.63, 3.8) is 0 Å². The lowest BCUT2D eigenvalue weighted by molar-refractivity contribution is 0.768. The van der Waals surface area contributed by atoms with E-state index in [0.29, 0.717) is 0 Å². The van der Waals surface area contributed by atoms with Crippen molar-refractivity contribution in [3.05, 3.63) is 289 Å². The van der Waals surface area contributed by atoms with Crippen LogP contribution in [0.3, 0.4) is 0 Å². The van der Waals surface area contributed by atoms with E-state index in [1.807, 2.05) is 0 Å². The molecule has 0 N–H and O–H groups in total. The first-order valence-electron chi connectivity index (χ1n) is 23.2. The van der Waals surface area contributed by atoms with Crippen LogP contribution in [-0.2, 0) is 5.41 Å². The second kappa shape index (κ2) is 15.8. The summed E-state index contributed by atoms with van der Waals surface area (Å²) in [5.74, 6) is 0. The van der Waals surface area contributed by atoms with Gasteiger partial charge >= 0.3 is 0 Å². The highest BCUT2D eigenvalue weighted by molar-refractivity contribution is 6.16. The third-order valence-corrected chi connectivity index (χ3v) is 14.1. The second-order valence-electron chi connectivity index (χ2n) is 17.6. The molecule has 0 spiro atoms. The molecule has 0 aliphatic heterocycles. The number of aromatic nitrogens is 1. The summed E-state index contributed by atoms with van der Waals surface area (Å²) >= 11 is 0. The molecule has 11 aromatic carbocycles. The van der Waals surface area contributed by atoms with E-state index in [9.17, 15) is 0 Å². The fourth-order valence-electron chi connectivity index (χ4n) is 11.3. The zero-order valence-corrected chi connectivity index (χ0v) is 36.8. The van der Waals surface area contributed by atoms with Crippen molar-refractivity contribution in [2.24, 2.45) is 0 Å². The summed E-state index contributed by atoms with van der Waals surface area (Å²) in [6.07, 6.45) is 0. The van der Waals surface area contributed by atoms with Gasteiger partial charge in [0.05, 0.1) is 22.1 Å². The Morgan fingerprint density at radius 1 is 0.343 bits per heavy atom. The molecule has 0 saturated heterocycles. The summed E-state index contributed by atoms with van der Waals surface area (Å²) < 4.78 is 2.41. The highest BCUT2D eigenvalue weighted by atomic mass is 15.1. The number of benzene rings is 11. The van der Waals surface area contributed by atoms with Gasteiger partial charge in [-0.1, -0.05) is 212 Å². The molecule has 0 fully saturated rings. The zero-order valence-electron chi connectivity index (χ0n) is 36.8. The Labute approximate surface area is 390 Å². The maximum absolute atomic E-state index is 2.50. The van der Waals surface area contributed by atoms with Crippen molar-refractivity contribution in [1.82, 2.24) is 4.57 Å². The first-order chi connectivity index (χ1) is 33.3. The molecular weight excluding hydrogens is 809 g/mol. The van der Waals surface area contributed by atoms with Crippen molar-refractivity contribution in [2.45, 2.75) is 5.41 Å². The monoisotopic (exact) mass is 852 g/mol. The lowest BCUT2D eigenvalue weighted by atomic mass is 9.67. The maximum Gasteiger partial charge on any atom is 0.0714 e. The highest BCUT2D eigenvalue weighted by Gasteiger charge is 2.46. The third-order valence-electron chi connectivity index (χ3n) is 14.1. The van der Waals surface area contributed by atoms with Gasteiger partial charge in [0.25, 0.3) is 0 Å². The van der Waals surface area contributed by atoms with E-state index in [0.717, 1.165) is 28.3 Å². The summed E-state index contributed by atoms with van der Waals surface area (Å²) in [4.78, 5) is 2.50. The molecule has 1 aliphatic carbocycles. The maximum atomic E-state index is 2.50. The number of anilines is 3. The van der Waals surface area contributed by atoms with Crippen LogP contribution in [0.25, 0.3) is 71.6 Å². The molecule has 0 radical (unpaired) electrons. The lowest BCUT2D eigenvalue weighted by Crippen LogP contribution is -2.28. The quantitative estimate of drug-likeness (QED) is 0.148. The van der Waals surface area contributed by atoms with E-state index in [1.165, 1.54) is 82.7 Å². The second-order valence-corrected chi connectivity index (χ2v) is 17.6. The summed E-state index contributed by atoms with van der Waals surface area (Å²) in [6.45, 7) is 0. The Bertz CT molecular complexity index is 3740. The smallest absolute Gasteiger partial charge is 0.0714 e. The minimum atomic E-state index is -0.542. The van der Waals surface area contributed by atoms with E-state index in [4.69, 9.17) is 0 Å². The van der Waals surface area contributed by atoms with Crippen LogP contribution < -0.4 is 4.90 Å². The third kappa shape index (κ3) is 6.04. The van der Waals surface area contributed by atoms with Crippen LogP contribution in [0.4, 0.5) is 17.1 Å². The van der Waals surface area contributed by atoms with Crippen LogP contribution >= 0.6 is 0 Å². The minimum absolute atomic E-state index is 0.542. The Hall–Kier alpha value is -8.72. The lowest BCUT2D eigenvalue weighted by Gasteiger charge is -2.35. The number of fused-ring (bicyclic) bond motifs is 7. The van der Waals surface area contributed by atoms with E-state index in [1.54, 1.807) is 0 Å². The fourth-order valence-corrected chi connectivity index (χ4v) is 11.3. The van der Waals surface area contributed by atoms with E-state index >= 15 is 0 Å². The van der Waals surface area contributed by atoms with Crippen LogP contribution in [0, 0.1) is 0 Å². The molecule has 1 aliphatic rings. The van der Waals surface area contributed by atoms with Gasteiger partial charge in [-0.2, -0.15) is 0 Å². The van der Waals surface area contributed by atoms with Crippen molar-refractivity contribution in [1.29, 1.82) is 0 Å². The fraction of sp³-hybridized carbons (Fsp3) is 0.0154. The van der Waals surface area contributed by atoms with Gasteiger partial charge in [0.2, 0.25) is 0 Å².